The highest BCUT2D eigenvalue weighted by molar-refractivity contribution is 7.99. The van der Waals surface area contributed by atoms with Gasteiger partial charge in [-0.25, -0.2) is 9.79 Å². The average molecular weight is 747 g/mol. The third-order valence-electron chi connectivity index (χ3n) is 8.06. The highest BCUT2D eigenvalue weighted by Gasteiger charge is 2.35. The first-order chi connectivity index (χ1) is 24.6. The SMILES string of the molecule is CCOC(=O)C1=C(C)N=c2s/c(=C/c3cc([N+](=O)[O-])ccc3Sc3nnc(-c4cccc(Cl)c4)n3CC)c(=O)n2[C@@H]1c1cc(OC)ccc1OC. The van der Waals surface area contributed by atoms with Crippen molar-refractivity contribution in [3.05, 3.63) is 118 Å². The molecular formula is C35H31ClN6O7S2. The minimum Gasteiger partial charge on any atom is -0.497 e. The van der Waals surface area contributed by atoms with Crippen LogP contribution < -0.4 is 24.4 Å². The second kappa shape index (κ2) is 14.9. The Morgan fingerprint density at radius 3 is 2.59 bits per heavy atom. The van der Waals surface area contributed by atoms with Crippen LogP contribution in [0, 0.1) is 10.1 Å². The molecule has 1 atom stereocenters. The lowest BCUT2D eigenvalue weighted by Crippen LogP contribution is -2.40. The third kappa shape index (κ3) is 6.92. The van der Waals surface area contributed by atoms with Crippen molar-refractivity contribution < 1.29 is 23.9 Å². The molecule has 0 spiro atoms. The van der Waals surface area contributed by atoms with Crippen LogP contribution in [0.2, 0.25) is 5.02 Å². The lowest BCUT2D eigenvalue weighted by molar-refractivity contribution is -0.384. The normalized spacial score (nSPS) is 14.2. The van der Waals surface area contributed by atoms with E-state index in [-0.39, 0.29) is 22.4 Å². The minimum atomic E-state index is -0.973. The maximum atomic E-state index is 14.4. The van der Waals surface area contributed by atoms with E-state index in [2.05, 4.69) is 15.2 Å². The van der Waals surface area contributed by atoms with E-state index < -0.39 is 22.5 Å². The van der Waals surface area contributed by atoms with E-state index in [4.69, 9.17) is 25.8 Å². The molecule has 0 unspecified atom stereocenters. The number of aromatic nitrogens is 4. The van der Waals surface area contributed by atoms with Crippen LogP contribution in [0.3, 0.4) is 0 Å². The van der Waals surface area contributed by atoms with Crippen LogP contribution in [0.4, 0.5) is 5.69 Å². The molecule has 2 aromatic heterocycles. The molecule has 0 bridgehead atoms. The van der Waals surface area contributed by atoms with Crippen LogP contribution in [-0.4, -0.2) is 51.1 Å². The number of carbonyl (C=O) groups excluding carboxylic acids is 1. The van der Waals surface area contributed by atoms with Crippen molar-refractivity contribution >= 4 is 52.4 Å². The summed E-state index contributed by atoms with van der Waals surface area (Å²) in [4.78, 5) is 44.8. The van der Waals surface area contributed by atoms with Crippen LogP contribution in [-0.2, 0) is 16.1 Å². The zero-order chi connectivity index (χ0) is 36.4. The van der Waals surface area contributed by atoms with Gasteiger partial charge in [-0.1, -0.05) is 35.1 Å². The van der Waals surface area contributed by atoms with Gasteiger partial charge < -0.3 is 18.8 Å². The Balaban J connectivity index is 1.53. The molecule has 0 amide bonds. The predicted molar refractivity (Wildman–Crippen MR) is 193 cm³/mol. The molecule has 16 heteroatoms. The molecule has 1 aliphatic rings. The lowest BCUT2D eigenvalue weighted by atomic mass is 9.94. The largest absolute Gasteiger partial charge is 0.497 e. The van der Waals surface area contributed by atoms with Crippen LogP contribution in [0.5, 0.6) is 11.5 Å². The van der Waals surface area contributed by atoms with E-state index in [0.29, 0.717) is 60.6 Å². The summed E-state index contributed by atoms with van der Waals surface area (Å²) in [6.07, 6.45) is 1.59. The Labute approximate surface area is 304 Å². The van der Waals surface area contributed by atoms with E-state index in [0.717, 1.165) is 16.9 Å². The number of fused-ring (bicyclic) bond motifs is 1. The second-order valence-electron chi connectivity index (χ2n) is 11.1. The monoisotopic (exact) mass is 746 g/mol. The number of hydrogen-bond donors (Lipinski definition) is 0. The summed E-state index contributed by atoms with van der Waals surface area (Å²) in [5.41, 5.74) is 1.60. The van der Waals surface area contributed by atoms with Gasteiger partial charge in [-0.2, -0.15) is 0 Å². The fraction of sp³-hybridized carbons (Fsp3) is 0.229. The van der Waals surface area contributed by atoms with Crippen molar-refractivity contribution in [1.29, 1.82) is 0 Å². The van der Waals surface area contributed by atoms with Gasteiger partial charge in [0.05, 0.1) is 41.6 Å². The maximum absolute atomic E-state index is 14.4. The van der Waals surface area contributed by atoms with Crippen molar-refractivity contribution in [3.63, 3.8) is 0 Å². The molecule has 0 fully saturated rings. The fourth-order valence-electron chi connectivity index (χ4n) is 5.72. The quantitative estimate of drug-likeness (QED) is 0.0920. The van der Waals surface area contributed by atoms with E-state index >= 15 is 0 Å². The van der Waals surface area contributed by atoms with Gasteiger partial charge in [-0.05, 0) is 80.6 Å². The lowest BCUT2D eigenvalue weighted by Gasteiger charge is -2.26. The predicted octanol–water partition coefficient (Wildman–Crippen LogP) is 5.81. The third-order valence-corrected chi connectivity index (χ3v) is 10.4. The molecule has 1 aliphatic heterocycles. The Bertz CT molecular complexity index is 2400. The molecular weight excluding hydrogens is 716 g/mol. The maximum Gasteiger partial charge on any atom is 0.338 e. The molecule has 3 aromatic carbocycles. The number of benzene rings is 3. The summed E-state index contributed by atoms with van der Waals surface area (Å²) >= 11 is 8.59. The zero-order valence-corrected chi connectivity index (χ0v) is 30.5. The number of esters is 1. The molecule has 13 nitrogen and oxygen atoms in total. The topological polar surface area (TPSA) is 153 Å². The number of nitro benzene ring substituents is 1. The summed E-state index contributed by atoms with van der Waals surface area (Å²) in [7, 11) is 3.01. The summed E-state index contributed by atoms with van der Waals surface area (Å²) in [5, 5.41) is 21.8. The minimum absolute atomic E-state index is 0.113. The van der Waals surface area contributed by atoms with Crippen molar-refractivity contribution in [2.24, 2.45) is 4.99 Å². The number of halogens is 1. The number of methoxy groups -OCH3 is 2. The first-order valence-electron chi connectivity index (χ1n) is 15.6. The van der Waals surface area contributed by atoms with Crippen LogP contribution in [0.15, 0.2) is 91.8 Å². The van der Waals surface area contributed by atoms with Crippen molar-refractivity contribution in [1.82, 2.24) is 19.3 Å². The molecule has 0 saturated carbocycles. The highest BCUT2D eigenvalue weighted by atomic mass is 35.5. The number of carbonyl (C=O) groups is 1. The van der Waals surface area contributed by atoms with Gasteiger partial charge in [0, 0.05) is 39.7 Å². The first kappa shape index (κ1) is 35.6. The number of allylic oxidation sites excluding steroid dienone is 1. The molecule has 3 heterocycles. The van der Waals surface area contributed by atoms with Gasteiger partial charge in [0.2, 0.25) is 0 Å². The van der Waals surface area contributed by atoms with Crippen molar-refractivity contribution in [3.8, 4) is 22.9 Å². The number of non-ortho nitro benzene ring substituents is 1. The molecule has 5 aromatic rings. The summed E-state index contributed by atoms with van der Waals surface area (Å²) < 4.78 is 20.1. The first-order valence-corrected chi connectivity index (χ1v) is 17.7. The highest BCUT2D eigenvalue weighted by Crippen LogP contribution is 2.38. The number of hydrogen-bond acceptors (Lipinski definition) is 12. The number of rotatable bonds is 11. The van der Waals surface area contributed by atoms with Gasteiger partial charge in [0.25, 0.3) is 11.2 Å². The summed E-state index contributed by atoms with van der Waals surface area (Å²) in [5.74, 6) is 0.890. The molecule has 0 saturated heterocycles. The van der Waals surface area contributed by atoms with Crippen LogP contribution in [0.1, 0.15) is 37.9 Å². The zero-order valence-electron chi connectivity index (χ0n) is 28.1. The Morgan fingerprint density at radius 1 is 1.10 bits per heavy atom. The second-order valence-corrected chi connectivity index (χ2v) is 13.5. The number of nitro groups is 1. The van der Waals surface area contributed by atoms with Gasteiger partial charge in [0.1, 0.15) is 17.5 Å². The van der Waals surface area contributed by atoms with Crippen LogP contribution >= 0.6 is 34.7 Å². The van der Waals surface area contributed by atoms with Crippen molar-refractivity contribution in [2.75, 3.05) is 20.8 Å². The molecule has 6 rings (SSSR count). The Hall–Kier alpha value is -5.25. The van der Waals surface area contributed by atoms with E-state index in [1.54, 1.807) is 56.3 Å². The summed E-state index contributed by atoms with van der Waals surface area (Å²) in [6, 6.07) is 15.8. The molecule has 0 radical (unpaired) electrons. The number of ether oxygens (including phenoxy) is 3. The number of nitrogens with zero attached hydrogens (tertiary/aromatic N) is 6. The summed E-state index contributed by atoms with van der Waals surface area (Å²) in [6.45, 7) is 5.98. The Morgan fingerprint density at radius 2 is 1.90 bits per heavy atom. The van der Waals surface area contributed by atoms with Crippen LogP contribution in [0.25, 0.3) is 17.5 Å². The number of thiazole rings is 1. The van der Waals surface area contributed by atoms with E-state index in [1.165, 1.54) is 42.7 Å². The van der Waals surface area contributed by atoms with Gasteiger partial charge in [-0.15, -0.1) is 10.2 Å². The molecule has 51 heavy (non-hydrogen) atoms. The average Bonchev–Trinajstić information content (AvgIpc) is 3.67. The van der Waals surface area contributed by atoms with E-state index in [9.17, 15) is 19.7 Å². The smallest absolute Gasteiger partial charge is 0.338 e. The van der Waals surface area contributed by atoms with Crippen molar-refractivity contribution in [2.45, 2.75) is 43.4 Å². The standard InChI is InChI=1S/C35H31ClN6O7S2/c1-6-40-31(20-9-8-10-22(36)15-20)38-39-35(40)50-27-14-11-23(42(45)46)16-21(27)17-28-32(43)41-30(25-18-24(47-4)12-13-26(25)48-5)29(33(44)49-7-2)19(3)37-34(41)51-28/h8-18,30H,6-7H2,1-5H3/b28-17+/t30-/m1/s1. The van der Waals surface area contributed by atoms with Gasteiger partial charge in [0.15, 0.2) is 15.8 Å². The molecule has 0 aliphatic carbocycles. The molecule has 0 N–H and O–H groups in total. The van der Waals surface area contributed by atoms with Gasteiger partial charge in [-0.3, -0.25) is 19.5 Å². The molecule has 262 valence electrons. The Kier molecular flexibility index (Phi) is 10.4. The van der Waals surface area contributed by atoms with Gasteiger partial charge >= 0.3 is 5.97 Å². The van der Waals surface area contributed by atoms with E-state index in [1.807, 2.05) is 23.6 Å². The fourth-order valence-corrected chi connectivity index (χ4v) is 7.93.